The van der Waals surface area contributed by atoms with Crippen molar-refractivity contribution in [2.24, 2.45) is 5.41 Å². The lowest BCUT2D eigenvalue weighted by atomic mass is 9.85. The molecule has 3 atom stereocenters. The van der Waals surface area contributed by atoms with Crippen LogP contribution >= 0.6 is 0 Å². The van der Waals surface area contributed by atoms with Crippen molar-refractivity contribution < 1.29 is 28.6 Å². The lowest BCUT2D eigenvalue weighted by Gasteiger charge is -2.28. The van der Waals surface area contributed by atoms with Gasteiger partial charge in [-0.2, -0.15) is 0 Å². The third kappa shape index (κ3) is 4.81. The van der Waals surface area contributed by atoms with Crippen LogP contribution in [0.5, 0.6) is 5.75 Å². The van der Waals surface area contributed by atoms with E-state index in [0.717, 1.165) is 5.56 Å². The maximum atomic E-state index is 13.2. The number of ether oxygens (including phenoxy) is 3. The van der Waals surface area contributed by atoms with Crippen molar-refractivity contribution in [2.45, 2.75) is 52.3 Å². The van der Waals surface area contributed by atoms with Crippen molar-refractivity contribution in [1.29, 1.82) is 0 Å². The van der Waals surface area contributed by atoms with Gasteiger partial charge in [-0.3, -0.25) is 9.59 Å². The number of alkyl carbamates (subject to hydrolysis) is 1. The predicted octanol–water partition coefficient (Wildman–Crippen LogP) is 2.67. The first-order valence-electron chi connectivity index (χ1n) is 9.45. The van der Waals surface area contributed by atoms with Gasteiger partial charge in [-0.05, 0) is 52.3 Å². The number of likely N-dealkylation sites (tertiary alicyclic amines) is 1. The standard InChI is InChI=1S/C21H30N2O6/c1-13(14-8-10-15(27-6)11-9-14)23-12-21(5,18(25)28-7)16(17(23)24)22-19(26)29-20(2,3)4/h8-11,13,16H,12H2,1-7H3,(H,22,26)/t13-,16+,21+/m0/s1. The van der Waals surface area contributed by atoms with E-state index in [0.29, 0.717) is 5.75 Å². The molecule has 0 aliphatic carbocycles. The van der Waals surface area contributed by atoms with Gasteiger partial charge in [-0.1, -0.05) is 12.1 Å². The molecule has 1 aromatic carbocycles. The number of hydrogen-bond acceptors (Lipinski definition) is 6. The average Bonchev–Trinajstić information content (AvgIpc) is 2.91. The molecule has 1 N–H and O–H groups in total. The van der Waals surface area contributed by atoms with Crippen molar-refractivity contribution in [3.8, 4) is 5.75 Å². The molecule has 0 spiro atoms. The zero-order chi connectivity index (χ0) is 22.0. The summed E-state index contributed by atoms with van der Waals surface area (Å²) < 4.78 is 15.4. The minimum absolute atomic E-state index is 0.103. The Hall–Kier alpha value is -2.77. The van der Waals surface area contributed by atoms with E-state index < -0.39 is 29.1 Å². The molecule has 29 heavy (non-hydrogen) atoms. The van der Waals surface area contributed by atoms with Gasteiger partial charge in [0.2, 0.25) is 5.91 Å². The number of carbonyl (C=O) groups excluding carboxylic acids is 3. The van der Waals surface area contributed by atoms with E-state index in [4.69, 9.17) is 14.2 Å². The first-order chi connectivity index (χ1) is 13.4. The van der Waals surface area contributed by atoms with Crippen LogP contribution < -0.4 is 10.1 Å². The Labute approximate surface area is 171 Å². The summed E-state index contributed by atoms with van der Waals surface area (Å²) in [7, 11) is 2.84. The van der Waals surface area contributed by atoms with E-state index in [2.05, 4.69) is 5.32 Å². The lowest BCUT2D eigenvalue weighted by Crippen LogP contribution is -2.52. The molecule has 1 fully saturated rings. The summed E-state index contributed by atoms with van der Waals surface area (Å²) >= 11 is 0. The molecule has 2 amide bonds. The maximum absolute atomic E-state index is 13.2. The summed E-state index contributed by atoms with van der Waals surface area (Å²) in [6, 6.07) is 5.93. The fraction of sp³-hybridized carbons (Fsp3) is 0.571. The number of nitrogens with one attached hydrogen (secondary N) is 1. The number of carbonyl (C=O) groups is 3. The van der Waals surface area contributed by atoms with E-state index in [9.17, 15) is 14.4 Å². The van der Waals surface area contributed by atoms with Crippen LogP contribution in [0.1, 0.15) is 46.2 Å². The Kier molecular flexibility index (Phi) is 6.45. The fourth-order valence-electron chi connectivity index (χ4n) is 3.41. The molecule has 2 rings (SSSR count). The predicted molar refractivity (Wildman–Crippen MR) is 106 cm³/mol. The highest BCUT2D eigenvalue weighted by Crippen LogP contribution is 2.38. The second-order valence-corrected chi connectivity index (χ2v) is 8.40. The molecule has 1 saturated heterocycles. The van der Waals surface area contributed by atoms with Crippen LogP contribution in [-0.2, 0) is 19.1 Å². The third-order valence-corrected chi connectivity index (χ3v) is 5.04. The van der Waals surface area contributed by atoms with Gasteiger partial charge in [0, 0.05) is 6.54 Å². The van der Waals surface area contributed by atoms with Gasteiger partial charge in [0.25, 0.3) is 0 Å². The van der Waals surface area contributed by atoms with Gasteiger partial charge in [0.05, 0.1) is 20.3 Å². The monoisotopic (exact) mass is 406 g/mol. The molecule has 0 radical (unpaired) electrons. The molecule has 8 nitrogen and oxygen atoms in total. The molecule has 0 bridgehead atoms. The Morgan fingerprint density at radius 2 is 1.79 bits per heavy atom. The largest absolute Gasteiger partial charge is 0.497 e. The molecule has 0 unspecified atom stereocenters. The zero-order valence-corrected chi connectivity index (χ0v) is 18.1. The van der Waals surface area contributed by atoms with Crippen molar-refractivity contribution in [3.05, 3.63) is 29.8 Å². The van der Waals surface area contributed by atoms with E-state index >= 15 is 0 Å². The van der Waals surface area contributed by atoms with Crippen LogP contribution in [0.4, 0.5) is 4.79 Å². The van der Waals surface area contributed by atoms with Crippen molar-refractivity contribution in [3.63, 3.8) is 0 Å². The molecule has 160 valence electrons. The summed E-state index contributed by atoms with van der Waals surface area (Å²) in [6.07, 6.45) is -0.759. The van der Waals surface area contributed by atoms with Crippen molar-refractivity contribution in [1.82, 2.24) is 10.2 Å². The van der Waals surface area contributed by atoms with Crippen LogP contribution in [0.15, 0.2) is 24.3 Å². The van der Waals surface area contributed by atoms with Gasteiger partial charge in [0.15, 0.2) is 0 Å². The maximum Gasteiger partial charge on any atom is 0.408 e. The van der Waals surface area contributed by atoms with Crippen LogP contribution in [-0.4, -0.2) is 55.3 Å². The third-order valence-electron chi connectivity index (χ3n) is 5.04. The van der Waals surface area contributed by atoms with Crippen LogP contribution in [0.2, 0.25) is 0 Å². The summed E-state index contributed by atoms with van der Waals surface area (Å²) in [5.74, 6) is -0.235. The fourth-order valence-corrected chi connectivity index (χ4v) is 3.41. The topological polar surface area (TPSA) is 94.2 Å². The molecule has 1 heterocycles. The molecule has 1 aromatic rings. The van der Waals surface area contributed by atoms with Gasteiger partial charge in [-0.25, -0.2) is 4.79 Å². The zero-order valence-electron chi connectivity index (χ0n) is 18.1. The Balaban J connectivity index is 2.30. The highest BCUT2D eigenvalue weighted by atomic mass is 16.6. The normalized spacial score (nSPS) is 22.8. The van der Waals surface area contributed by atoms with E-state index in [1.54, 1.807) is 39.7 Å². The van der Waals surface area contributed by atoms with Gasteiger partial charge in [0.1, 0.15) is 22.8 Å². The number of methoxy groups -OCH3 is 2. The number of amides is 2. The minimum atomic E-state index is -1.25. The van der Waals surface area contributed by atoms with Gasteiger partial charge < -0.3 is 24.4 Å². The highest BCUT2D eigenvalue weighted by molar-refractivity contribution is 5.96. The Bertz CT molecular complexity index is 770. The van der Waals surface area contributed by atoms with Gasteiger partial charge in [-0.15, -0.1) is 0 Å². The van der Waals surface area contributed by atoms with Crippen LogP contribution in [0.25, 0.3) is 0 Å². The summed E-state index contributed by atoms with van der Waals surface area (Å²) in [4.78, 5) is 39.6. The van der Waals surface area contributed by atoms with Crippen molar-refractivity contribution in [2.75, 3.05) is 20.8 Å². The molecular formula is C21H30N2O6. The number of rotatable bonds is 5. The summed E-state index contributed by atoms with van der Waals surface area (Å²) in [6.45, 7) is 8.75. The molecule has 0 saturated carbocycles. The first kappa shape index (κ1) is 22.5. The summed E-state index contributed by atoms with van der Waals surface area (Å²) in [5, 5.41) is 2.57. The van der Waals surface area contributed by atoms with Crippen LogP contribution in [0.3, 0.4) is 0 Å². The molecular weight excluding hydrogens is 376 g/mol. The second kappa shape index (κ2) is 8.31. The Morgan fingerprint density at radius 3 is 2.28 bits per heavy atom. The number of hydrogen-bond donors (Lipinski definition) is 1. The smallest absolute Gasteiger partial charge is 0.408 e. The second-order valence-electron chi connectivity index (χ2n) is 8.40. The van der Waals surface area contributed by atoms with Crippen LogP contribution in [0, 0.1) is 5.41 Å². The lowest BCUT2D eigenvalue weighted by molar-refractivity contribution is -0.152. The molecule has 8 heteroatoms. The Morgan fingerprint density at radius 1 is 1.21 bits per heavy atom. The summed E-state index contributed by atoms with van der Waals surface area (Å²) in [5.41, 5.74) is -1.10. The van der Waals surface area contributed by atoms with E-state index in [1.807, 2.05) is 31.2 Å². The molecule has 0 aromatic heterocycles. The number of benzene rings is 1. The van der Waals surface area contributed by atoms with E-state index in [1.165, 1.54) is 7.11 Å². The first-order valence-corrected chi connectivity index (χ1v) is 9.45. The van der Waals surface area contributed by atoms with E-state index in [-0.39, 0.29) is 18.5 Å². The van der Waals surface area contributed by atoms with Gasteiger partial charge >= 0.3 is 12.1 Å². The molecule has 1 aliphatic heterocycles. The average molecular weight is 406 g/mol. The highest BCUT2D eigenvalue weighted by Gasteiger charge is 2.57. The van der Waals surface area contributed by atoms with Crippen molar-refractivity contribution >= 4 is 18.0 Å². The quantitative estimate of drug-likeness (QED) is 0.756. The molecule has 1 aliphatic rings. The number of nitrogens with zero attached hydrogens (tertiary/aromatic N) is 1. The number of esters is 1. The SMILES string of the molecule is COC(=O)[C@]1(C)CN([C@@H](C)c2ccc(OC)cc2)C(=O)[C@H]1NC(=O)OC(C)(C)C. The minimum Gasteiger partial charge on any atom is -0.497 e.